The van der Waals surface area contributed by atoms with Gasteiger partial charge in [-0.15, -0.1) is 0 Å². The third kappa shape index (κ3) is 5.74. The quantitative estimate of drug-likeness (QED) is 0.336. The summed E-state index contributed by atoms with van der Waals surface area (Å²) in [6.07, 6.45) is 13.1. The first kappa shape index (κ1) is 23.3. The van der Waals surface area contributed by atoms with Crippen LogP contribution >= 0.6 is 0 Å². The number of fused-ring (bicyclic) bond motifs is 1. The molecule has 4 rings (SSSR count). The van der Waals surface area contributed by atoms with E-state index < -0.39 is 11.6 Å². The van der Waals surface area contributed by atoms with Gasteiger partial charge in [-0.05, 0) is 111 Å². The summed E-state index contributed by atoms with van der Waals surface area (Å²) in [5.41, 5.74) is 1.30. The lowest BCUT2D eigenvalue weighted by atomic mass is 9.64. The third-order valence-electron chi connectivity index (χ3n) is 7.21. The number of rotatable bonds is 5. The molecule has 2 saturated carbocycles. The molecule has 2 aromatic carbocycles. The van der Waals surface area contributed by atoms with Gasteiger partial charge in [0, 0.05) is 5.56 Å². The Morgan fingerprint density at radius 1 is 0.970 bits per heavy atom. The summed E-state index contributed by atoms with van der Waals surface area (Å²) in [6, 6.07) is 10.1. The normalized spacial score (nSPS) is 24.6. The number of halogens is 2. The highest BCUT2D eigenvalue weighted by molar-refractivity contribution is 5.46. The van der Waals surface area contributed by atoms with Crippen LogP contribution in [0.15, 0.2) is 61.2 Å². The van der Waals surface area contributed by atoms with Crippen molar-refractivity contribution in [2.75, 3.05) is 6.61 Å². The average molecular weight is 447 g/mol. The Hall–Kier alpha value is -2.86. The van der Waals surface area contributed by atoms with Crippen molar-refractivity contribution in [2.24, 2.45) is 17.8 Å². The summed E-state index contributed by atoms with van der Waals surface area (Å²) in [7, 11) is 0. The SMILES string of the molecule is C=CCOc1ccc(C#Cc2c(F)cc(C3CCC4CC(/C=C/C)CCC4C3)cc2F)cc1. The molecule has 2 aliphatic rings. The Morgan fingerprint density at radius 2 is 1.67 bits per heavy atom. The molecule has 2 aromatic rings. The fraction of sp³-hybridized carbons (Fsp3) is 0.400. The van der Waals surface area contributed by atoms with Crippen LogP contribution in [0.25, 0.3) is 0 Å². The van der Waals surface area contributed by atoms with Gasteiger partial charge in [-0.3, -0.25) is 0 Å². The number of ether oxygens (including phenoxy) is 1. The first-order valence-corrected chi connectivity index (χ1v) is 12.0. The topological polar surface area (TPSA) is 9.23 Å². The molecule has 2 fully saturated rings. The zero-order chi connectivity index (χ0) is 23.2. The van der Waals surface area contributed by atoms with Crippen LogP contribution in [-0.2, 0) is 0 Å². The second-order valence-corrected chi connectivity index (χ2v) is 9.36. The lowest BCUT2D eigenvalue weighted by Gasteiger charge is -2.41. The minimum Gasteiger partial charge on any atom is -0.490 e. The van der Waals surface area contributed by atoms with E-state index in [2.05, 4.69) is 37.5 Å². The van der Waals surface area contributed by atoms with E-state index >= 15 is 0 Å². The molecular weight excluding hydrogens is 414 g/mol. The minimum atomic E-state index is -0.567. The van der Waals surface area contributed by atoms with Gasteiger partial charge in [0.05, 0.1) is 5.56 Å². The molecular formula is C30H32F2O. The lowest BCUT2D eigenvalue weighted by Crippen LogP contribution is -2.30. The Balaban J connectivity index is 1.44. The molecule has 172 valence electrons. The molecule has 3 heteroatoms. The van der Waals surface area contributed by atoms with E-state index in [9.17, 15) is 8.78 Å². The van der Waals surface area contributed by atoms with E-state index in [0.717, 1.165) is 30.7 Å². The van der Waals surface area contributed by atoms with Crippen LogP contribution < -0.4 is 4.74 Å². The van der Waals surface area contributed by atoms with Gasteiger partial charge in [-0.2, -0.15) is 0 Å². The van der Waals surface area contributed by atoms with Crippen LogP contribution in [0.1, 0.15) is 68.1 Å². The smallest absolute Gasteiger partial charge is 0.142 e. The Labute approximate surface area is 196 Å². The zero-order valence-corrected chi connectivity index (χ0v) is 19.3. The number of hydrogen-bond acceptors (Lipinski definition) is 1. The fourth-order valence-corrected chi connectivity index (χ4v) is 5.55. The standard InChI is InChI=1S/C30H32F2O/c1-3-5-22-6-10-24-18-25(12-11-23(24)17-22)26-19-29(31)28(30(32)20-26)15-9-21-7-13-27(14-8-21)33-16-4-2/h3-5,7-8,13-14,19-20,22-25H,2,6,10-12,16-18H2,1H3/b5-3+. The summed E-state index contributed by atoms with van der Waals surface area (Å²) < 4.78 is 35.2. The second kappa shape index (κ2) is 10.8. The highest BCUT2D eigenvalue weighted by Crippen LogP contribution is 2.48. The predicted octanol–water partition coefficient (Wildman–Crippen LogP) is 7.81. The van der Waals surface area contributed by atoms with E-state index in [-0.39, 0.29) is 11.5 Å². The Morgan fingerprint density at radius 3 is 2.36 bits per heavy atom. The van der Waals surface area contributed by atoms with E-state index in [1.807, 2.05) is 0 Å². The maximum Gasteiger partial charge on any atom is 0.142 e. The molecule has 0 amide bonds. The van der Waals surface area contributed by atoms with Gasteiger partial charge in [0.2, 0.25) is 0 Å². The fourth-order valence-electron chi connectivity index (χ4n) is 5.55. The number of allylic oxidation sites excluding steroid dienone is 2. The Kier molecular flexibility index (Phi) is 7.65. The molecule has 0 aliphatic heterocycles. The lowest BCUT2D eigenvalue weighted by molar-refractivity contribution is 0.133. The van der Waals surface area contributed by atoms with Crippen molar-refractivity contribution in [1.29, 1.82) is 0 Å². The van der Waals surface area contributed by atoms with Crippen LogP contribution in [0.2, 0.25) is 0 Å². The van der Waals surface area contributed by atoms with Gasteiger partial charge < -0.3 is 4.74 Å². The molecule has 33 heavy (non-hydrogen) atoms. The van der Waals surface area contributed by atoms with E-state index in [0.29, 0.717) is 29.8 Å². The summed E-state index contributed by atoms with van der Waals surface area (Å²) in [6.45, 7) is 6.13. The molecule has 0 saturated heterocycles. The predicted molar refractivity (Wildman–Crippen MR) is 130 cm³/mol. The summed E-state index contributed by atoms with van der Waals surface area (Å²) in [5.74, 6) is 7.49. The molecule has 0 spiro atoms. The molecule has 4 atom stereocenters. The van der Waals surface area contributed by atoms with Gasteiger partial charge >= 0.3 is 0 Å². The summed E-state index contributed by atoms with van der Waals surface area (Å²) in [5, 5.41) is 0. The number of hydrogen-bond donors (Lipinski definition) is 0. The van der Waals surface area contributed by atoms with Crippen molar-refractivity contribution in [1.82, 2.24) is 0 Å². The molecule has 1 nitrogen and oxygen atoms in total. The van der Waals surface area contributed by atoms with Crippen LogP contribution in [0.5, 0.6) is 5.75 Å². The Bertz CT molecular complexity index is 1030. The van der Waals surface area contributed by atoms with Crippen molar-refractivity contribution in [3.05, 3.63) is 89.5 Å². The second-order valence-electron chi connectivity index (χ2n) is 9.36. The highest BCUT2D eigenvalue weighted by Gasteiger charge is 2.35. The van der Waals surface area contributed by atoms with Crippen molar-refractivity contribution in [2.45, 2.75) is 51.4 Å². The largest absolute Gasteiger partial charge is 0.490 e. The van der Waals surface area contributed by atoms with Crippen molar-refractivity contribution < 1.29 is 13.5 Å². The average Bonchev–Trinajstić information content (AvgIpc) is 2.82. The molecule has 4 unspecified atom stereocenters. The maximum atomic E-state index is 14.9. The van der Waals surface area contributed by atoms with E-state index in [1.165, 1.54) is 31.4 Å². The van der Waals surface area contributed by atoms with Gasteiger partial charge in [-0.1, -0.05) is 36.6 Å². The van der Waals surface area contributed by atoms with Gasteiger partial charge in [0.15, 0.2) is 0 Å². The first-order valence-electron chi connectivity index (χ1n) is 12.0. The van der Waals surface area contributed by atoms with Crippen LogP contribution in [0.4, 0.5) is 8.78 Å². The first-order chi connectivity index (χ1) is 16.1. The zero-order valence-electron chi connectivity index (χ0n) is 19.3. The van der Waals surface area contributed by atoms with E-state index in [4.69, 9.17) is 4.74 Å². The monoisotopic (exact) mass is 446 g/mol. The minimum absolute atomic E-state index is 0.161. The van der Waals surface area contributed by atoms with E-state index in [1.54, 1.807) is 30.3 Å². The van der Waals surface area contributed by atoms with Crippen LogP contribution in [0.3, 0.4) is 0 Å². The molecule has 0 N–H and O–H groups in total. The summed E-state index contributed by atoms with van der Waals surface area (Å²) in [4.78, 5) is 0. The molecule has 0 heterocycles. The molecule has 0 radical (unpaired) electrons. The maximum absolute atomic E-state index is 14.9. The van der Waals surface area contributed by atoms with Crippen molar-refractivity contribution in [3.63, 3.8) is 0 Å². The van der Waals surface area contributed by atoms with Gasteiger partial charge in [0.25, 0.3) is 0 Å². The molecule has 0 bridgehead atoms. The number of benzene rings is 2. The molecule has 0 aromatic heterocycles. The van der Waals surface area contributed by atoms with Gasteiger partial charge in [0.1, 0.15) is 24.0 Å². The summed E-state index contributed by atoms with van der Waals surface area (Å²) >= 11 is 0. The van der Waals surface area contributed by atoms with Crippen molar-refractivity contribution in [3.8, 4) is 17.6 Å². The van der Waals surface area contributed by atoms with Crippen LogP contribution in [-0.4, -0.2) is 6.61 Å². The van der Waals surface area contributed by atoms with Crippen molar-refractivity contribution >= 4 is 0 Å². The van der Waals surface area contributed by atoms with Gasteiger partial charge in [-0.25, -0.2) is 8.78 Å². The third-order valence-corrected chi connectivity index (χ3v) is 7.21. The molecule has 2 aliphatic carbocycles. The highest BCUT2D eigenvalue weighted by atomic mass is 19.1. The van der Waals surface area contributed by atoms with Crippen LogP contribution in [0, 0.1) is 41.2 Å².